The Morgan fingerprint density at radius 2 is 0.798 bits per heavy atom. The normalized spacial score (nSPS) is 19.8. The molecule has 0 amide bonds. The van der Waals surface area contributed by atoms with Crippen LogP contribution in [0.15, 0.2) is 182 Å². The molecule has 0 aromatic heterocycles. The maximum Gasteiger partial charge on any atom is 0.252 e. The molecule has 0 spiro atoms. The fraction of sp³-hybridized carbons (Fsp3) is 0.365. The molecule has 0 bridgehead atoms. The van der Waals surface area contributed by atoms with Crippen molar-refractivity contribution in [2.45, 2.75) is 200 Å². The van der Waals surface area contributed by atoms with Gasteiger partial charge in [0, 0.05) is 50.7 Å². The standard InChI is InChI=1S/C85H94BN3/c1-78(2,3)58-34-31-54(32-35-58)57-33-40-72-67(45-57)84(17)43-25-26-44-85(84,18)89(72)62-49-75-77-76(50-62)88(71-42-38-60(80(7,8)9)47-64(71)56-29-23-20-24-30-56)74-52-66-65(82(13,14)53-83(66,15)16)51-69(74)86(77)68-39-36-61(81(10,11)12)48-73(68)87(75)70-41-37-59(79(4,5)6)46-63(70)55-27-21-19-22-28-55/h19-24,27-42,45-52H,25-26,43-44,53H2,1-18H3. The van der Waals surface area contributed by atoms with Crippen LogP contribution in [0.5, 0.6) is 0 Å². The first-order valence-electron chi connectivity index (χ1n) is 33.4. The van der Waals surface area contributed by atoms with Crippen molar-refractivity contribution < 1.29 is 0 Å². The van der Waals surface area contributed by atoms with Gasteiger partial charge in [-0.25, -0.2) is 0 Å². The second kappa shape index (κ2) is 20.0. The molecule has 1 fully saturated rings. The van der Waals surface area contributed by atoms with Crippen LogP contribution < -0.4 is 31.1 Å². The molecule has 89 heavy (non-hydrogen) atoms. The number of benzene rings is 9. The van der Waals surface area contributed by atoms with Gasteiger partial charge in [0.15, 0.2) is 0 Å². The third-order valence-electron chi connectivity index (χ3n) is 22.2. The van der Waals surface area contributed by atoms with Crippen LogP contribution >= 0.6 is 0 Å². The average molecular weight is 1170 g/mol. The van der Waals surface area contributed by atoms with Crippen LogP contribution in [0, 0.1) is 0 Å². The maximum absolute atomic E-state index is 2.86. The first-order valence-corrected chi connectivity index (χ1v) is 33.4. The van der Waals surface area contributed by atoms with E-state index in [9.17, 15) is 0 Å². The Morgan fingerprint density at radius 1 is 0.348 bits per heavy atom. The highest BCUT2D eigenvalue weighted by atomic mass is 15.3. The van der Waals surface area contributed by atoms with Crippen molar-refractivity contribution in [1.82, 2.24) is 0 Å². The fourth-order valence-corrected chi connectivity index (χ4v) is 17.1. The molecule has 3 heterocycles. The summed E-state index contributed by atoms with van der Waals surface area (Å²) in [7, 11) is 0. The van der Waals surface area contributed by atoms with Gasteiger partial charge in [-0.3, -0.25) is 0 Å². The maximum atomic E-state index is 2.86. The van der Waals surface area contributed by atoms with Crippen LogP contribution in [-0.2, 0) is 37.9 Å². The Bertz CT molecular complexity index is 4310. The number of anilines is 8. The number of fused-ring (bicyclic) bond motifs is 8. The van der Waals surface area contributed by atoms with E-state index in [4.69, 9.17) is 0 Å². The molecule has 2 atom stereocenters. The zero-order valence-electron chi connectivity index (χ0n) is 56.8. The topological polar surface area (TPSA) is 9.72 Å². The van der Waals surface area contributed by atoms with Crippen LogP contribution in [0.4, 0.5) is 45.5 Å². The molecule has 0 saturated heterocycles. The molecular weight excluding hydrogens is 1070 g/mol. The predicted molar refractivity (Wildman–Crippen MR) is 385 cm³/mol. The minimum absolute atomic E-state index is 0.0186. The van der Waals surface area contributed by atoms with Crippen LogP contribution in [0.1, 0.15) is 196 Å². The highest BCUT2D eigenvalue weighted by molar-refractivity contribution is 7.00. The van der Waals surface area contributed by atoms with Gasteiger partial charge < -0.3 is 14.7 Å². The van der Waals surface area contributed by atoms with E-state index in [1.54, 1.807) is 0 Å². The molecule has 9 aromatic rings. The summed E-state index contributed by atoms with van der Waals surface area (Å²) in [5.74, 6) is 0. The number of hydrogen-bond donors (Lipinski definition) is 0. The lowest BCUT2D eigenvalue weighted by molar-refractivity contribution is 0.195. The second-order valence-corrected chi connectivity index (χ2v) is 33.3. The summed E-state index contributed by atoms with van der Waals surface area (Å²) in [4.78, 5) is 8.37. The second-order valence-electron chi connectivity index (χ2n) is 33.3. The van der Waals surface area contributed by atoms with Crippen molar-refractivity contribution in [3.63, 3.8) is 0 Å². The molecule has 1 saturated carbocycles. The Labute approximate surface area is 534 Å². The van der Waals surface area contributed by atoms with Gasteiger partial charge in [-0.05, 0) is 197 Å². The van der Waals surface area contributed by atoms with Gasteiger partial charge in [-0.15, -0.1) is 0 Å². The molecule has 14 rings (SSSR count). The first kappa shape index (κ1) is 59.1. The molecular formula is C85H94BN3. The molecule has 9 aromatic carbocycles. The summed E-state index contributed by atoms with van der Waals surface area (Å²) in [5, 5.41) is 0. The van der Waals surface area contributed by atoms with E-state index in [0.29, 0.717) is 0 Å². The van der Waals surface area contributed by atoms with Crippen molar-refractivity contribution in [2.24, 2.45) is 0 Å². The van der Waals surface area contributed by atoms with Gasteiger partial charge in [-0.1, -0.05) is 252 Å². The summed E-state index contributed by atoms with van der Waals surface area (Å²) >= 11 is 0. The molecule has 452 valence electrons. The Hall–Kier alpha value is -7.56. The Kier molecular flexibility index (Phi) is 13.3. The van der Waals surface area contributed by atoms with Crippen molar-refractivity contribution in [2.75, 3.05) is 14.7 Å². The molecule has 2 aliphatic carbocycles. The quantitative estimate of drug-likeness (QED) is 0.154. The predicted octanol–water partition coefficient (Wildman–Crippen LogP) is 21.7. The fourth-order valence-electron chi connectivity index (χ4n) is 17.1. The lowest BCUT2D eigenvalue weighted by Crippen LogP contribution is -2.62. The third kappa shape index (κ3) is 9.32. The molecule has 0 radical (unpaired) electrons. The Morgan fingerprint density at radius 3 is 1.33 bits per heavy atom. The average Bonchev–Trinajstić information content (AvgIpc) is 1.69. The van der Waals surface area contributed by atoms with Crippen molar-refractivity contribution in [3.05, 3.63) is 221 Å². The van der Waals surface area contributed by atoms with Crippen LogP contribution in [0.2, 0.25) is 0 Å². The highest BCUT2D eigenvalue weighted by Gasteiger charge is 2.59. The van der Waals surface area contributed by atoms with Gasteiger partial charge in [0.25, 0.3) is 6.71 Å². The van der Waals surface area contributed by atoms with Gasteiger partial charge in [0.2, 0.25) is 0 Å². The van der Waals surface area contributed by atoms with Crippen molar-refractivity contribution in [3.8, 4) is 33.4 Å². The summed E-state index contributed by atoms with van der Waals surface area (Å²) in [5.41, 5.74) is 30.8. The van der Waals surface area contributed by atoms with Crippen molar-refractivity contribution in [1.29, 1.82) is 0 Å². The lowest BCUT2D eigenvalue weighted by Gasteiger charge is -2.51. The zero-order chi connectivity index (χ0) is 62.9. The minimum Gasteiger partial charge on any atom is -0.334 e. The van der Waals surface area contributed by atoms with Gasteiger partial charge in [0.05, 0.1) is 16.9 Å². The van der Waals surface area contributed by atoms with E-state index in [0.717, 1.165) is 19.3 Å². The lowest BCUT2D eigenvalue weighted by atomic mass is 9.33. The van der Waals surface area contributed by atoms with Gasteiger partial charge in [-0.2, -0.15) is 0 Å². The smallest absolute Gasteiger partial charge is 0.252 e. The van der Waals surface area contributed by atoms with E-state index in [2.05, 4.69) is 321 Å². The zero-order valence-corrected chi connectivity index (χ0v) is 56.8. The Balaban J connectivity index is 1.14. The van der Waals surface area contributed by atoms with E-state index >= 15 is 0 Å². The first-order chi connectivity index (χ1) is 41.9. The van der Waals surface area contributed by atoms with E-state index in [1.807, 2.05) is 0 Å². The molecule has 2 unspecified atom stereocenters. The third-order valence-corrected chi connectivity index (χ3v) is 22.2. The molecule has 3 nitrogen and oxygen atoms in total. The number of rotatable bonds is 6. The SMILES string of the molecule is CC(C)(C)c1ccc(-c2ccc3c(c2)C2(C)CCCCC2(C)N3c2cc3c4c(c2)N(c2ccc(C(C)(C)C)cc2-c2ccccc2)c2cc5c(cc2B4c2ccc(C(C)(C)C)cc2N3c2ccc(C(C)(C)C)cc2-c2ccccc2)C(C)(C)CC5(C)C)cc1. The summed E-state index contributed by atoms with van der Waals surface area (Å²) in [6.07, 6.45) is 5.70. The van der Waals surface area contributed by atoms with Gasteiger partial charge in [0.1, 0.15) is 0 Å². The molecule has 5 aliphatic rings. The molecule has 0 N–H and O–H groups in total. The number of hydrogen-bond acceptors (Lipinski definition) is 3. The summed E-state index contributed by atoms with van der Waals surface area (Å²) in [6.45, 7) is 43.4. The summed E-state index contributed by atoms with van der Waals surface area (Å²) in [6, 6.07) is 72.6. The number of nitrogens with zero attached hydrogens (tertiary/aromatic N) is 3. The molecule has 3 aliphatic heterocycles. The summed E-state index contributed by atoms with van der Waals surface area (Å²) < 4.78 is 0. The van der Waals surface area contributed by atoms with E-state index < -0.39 is 0 Å². The van der Waals surface area contributed by atoms with Crippen LogP contribution in [-0.4, -0.2) is 12.3 Å². The van der Waals surface area contributed by atoms with Crippen molar-refractivity contribution >= 4 is 68.6 Å². The largest absolute Gasteiger partial charge is 0.334 e. The minimum atomic E-state index is -0.236. The van der Waals surface area contributed by atoms with E-state index in [-0.39, 0.29) is 50.2 Å². The van der Waals surface area contributed by atoms with Gasteiger partial charge >= 0.3 is 0 Å². The van der Waals surface area contributed by atoms with E-state index in [1.165, 1.54) is 147 Å². The van der Waals surface area contributed by atoms with Crippen LogP contribution in [0.3, 0.4) is 0 Å². The van der Waals surface area contributed by atoms with Crippen LogP contribution in [0.25, 0.3) is 33.4 Å². The monoisotopic (exact) mass is 1170 g/mol. The highest BCUT2D eigenvalue weighted by Crippen LogP contribution is 2.63. The molecule has 4 heteroatoms.